The van der Waals surface area contributed by atoms with E-state index in [2.05, 4.69) is 0 Å². The van der Waals surface area contributed by atoms with E-state index in [9.17, 15) is 9.59 Å². The van der Waals surface area contributed by atoms with E-state index in [0.717, 1.165) is 18.6 Å². The Morgan fingerprint density at radius 3 is 2.61 bits per heavy atom. The number of carbonyl (C=O) groups excluding carboxylic acids is 2. The van der Waals surface area contributed by atoms with E-state index in [-0.39, 0.29) is 17.9 Å². The molecule has 1 rings (SSSR count). The zero-order valence-electron chi connectivity index (χ0n) is 11.7. The van der Waals surface area contributed by atoms with Crippen LogP contribution in [-0.4, -0.2) is 47.0 Å². The number of hydrogen-bond acceptors (Lipinski definition) is 4. The zero-order chi connectivity index (χ0) is 13.8. The number of hydrogen-bond donors (Lipinski definition) is 0. The summed E-state index contributed by atoms with van der Waals surface area (Å²) in [6.45, 7) is 6.22. The lowest BCUT2D eigenvalue weighted by atomic mass is 10.1. The highest BCUT2D eigenvalue weighted by Crippen LogP contribution is 2.22. The van der Waals surface area contributed by atoms with Crippen LogP contribution in [0.3, 0.4) is 0 Å². The highest BCUT2D eigenvalue weighted by atomic mass is 32.2. The fraction of sp³-hybridized carbons (Fsp3) is 0.846. The lowest BCUT2D eigenvalue weighted by Crippen LogP contribution is -2.43. The van der Waals surface area contributed by atoms with Gasteiger partial charge in [-0.05, 0) is 39.9 Å². The maximum Gasteiger partial charge on any atom is 0.329 e. The van der Waals surface area contributed by atoms with Crippen LogP contribution in [0.25, 0.3) is 0 Å². The fourth-order valence-corrected chi connectivity index (χ4v) is 2.39. The van der Waals surface area contributed by atoms with Crippen molar-refractivity contribution in [2.24, 2.45) is 0 Å². The maximum absolute atomic E-state index is 12.0. The van der Waals surface area contributed by atoms with Gasteiger partial charge >= 0.3 is 5.97 Å². The Kier molecular flexibility index (Phi) is 5.50. The average molecular weight is 273 g/mol. The molecule has 1 aliphatic rings. The lowest BCUT2D eigenvalue weighted by Gasteiger charge is -2.27. The van der Waals surface area contributed by atoms with Crippen molar-refractivity contribution in [3.63, 3.8) is 0 Å². The SMILES string of the molecule is CSCCC(=O)N1CCC[C@H]1C(=O)OC(C)(C)C. The molecule has 1 atom stereocenters. The van der Waals surface area contributed by atoms with Gasteiger partial charge in [0.15, 0.2) is 0 Å². The van der Waals surface area contributed by atoms with E-state index < -0.39 is 5.60 Å². The van der Waals surface area contributed by atoms with E-state index in [4.69, 9.17) is 4.74 Å². The van der Waals surface area contributed by atoms with Crippen molar-refractivity contribution < 1.29 is 14.3 Å². The minimum Gasteiger partial charge on any atom is -0.458 e. The molecule has 1 aliphatic heterocycles. The third-order valence-electron chi connectivity index (χ3n) is 2.77. The second kappa shape index (κ2) is 6.45. The van der Waals surface area contributed by atoms with Gasteiger partial charge in [0.05, 0.1) is 0 Å². The summed E-state index contributed by atoms with van der Waals surface area (Å²) in [5.74, 6) is 0.603. The fourth-order valence-electron chi connectivity index (χ4n) is 2.01. The molecule has 1 heterocycles. The maximum atomic E-state index is 12.0. The van der Waals surface area contributed by atoms with E-state index in [1.54, 1.807) is 16.7 Å². The molecule has 0 saturated carbocycles. The second-order valence-electron chi connectivity index (χ2n) is 5.52. The summed E-state index contributed by atoms with van der Waals surface area (Å²) < 4.78 is 5.37. The first kappa shape index (κ1) is 15.3. The largest absolute Gasteiger partial charge is 0.458 e. The topological polar surface area (TPSA) is 46.6 Å². The molecule has 1 fully saturated rings. The van der Waals surface area contributed by atoms with Gasteiger partial charge in [0.2, 0.25) is 5.91 Å². The van der Waals surface area contributed by atoms with E-state index in [0.29, 0.717) is 13.0 Å². The lowest BCUT2D eigenvalue weighted by molar-refractivity contribution is -0.163. The van der Waals surface area contributed by atoms with Crippen LogP contribution < -0.4 is 0 Å². The van der Waals surface area contributed by atoms with Crippen molar-refractivity contribution in [2.75, 3.05) is 18.6 Å². The number of nitrogens with zero attached hydrogens (tertiary/aromatic N) is 1. The number of rotatable bonds is 4. The Balaban J connectivity index is 2.59. The van der Waals surface area contributed by atoms with Crippen molar-refractivity contribution in [1.29, 1.82) is 0 Å². The van der Waals surface area contributed by atoms with Crippen molar-refractivity contribution in [3.05, 3.63) is 0 Å². The predicted octanol–water partition coefficient (Wildman–Crippen LogP) is 2.07. The third kappa shape index (κ3) is 4.52. The molecular formula is C13H23NO3S. The molecule has 1 saturated heterocycles. The number of amides is 1. The normalized spacial score (nSPS) is 20.0. The summed E-state index contributed by atoms with van der Waals surface area (Å²) >= 11 is 1.64. The van der Waals surface area contributed by atoms with Crippen LogP contribution in [-0.2, 0) is 14.3 Å². The van der Waals surface area contributed by atoms with Crippen LogP contribution in [0.1, 0.15) is 40.0 Å². The molecule has 104 valence electrons. The highest BCUT2D eigenvalue weighted by Gasteiger charge is 2.36. The van der Waals surface area contributed by atoms with Crippen molar-refractivity contribution in [1.82, 2.24) is 4.90 Å². The summed E-state index contributed by atoms with van der Waals surface area (Å²) in [7, 11) is 0. The molecule has 1 amide bonds. The van der Waals surface area contributed by atoms with Crippen LogP contribution in [0.15, 0.2) is 0 Å². The van der Waals surface area contributed by atoms with Gasteiger partial charge in [0, 0.05) is 18.7 Å². The van der Waals surface area contributed by atoms with Crippen LogP contribution in [0.2, 0.25) is 0 Å². The molecule has 0 spiro atoms. The number of ether oxygens (including phenoxy) is 1. The average Bonchev–Trinajstić information content (AvgIpc) is 2.72. The van der Waals surface area contributed by atoms with Crippen LogP contribution in [0.5, 0.6) is 0 Å². The summed E-state index contributed by atoms with van der Waals surface area (Å²) in [6.07, 6.45) is 4.08. The van der Waals surface area contributed by atoms with E-state index in [1.165, 1.54) is 0 Å². The summed E-state index contributed by atoms with van der Waals surface area (Å²) in [4.78, 5) is 25.7. The molecule has 0 aliphatic carbocycles. The Morgan fingerprint density at radius 2 is 2.06 bits per heavy atom. The first-order valence-corrected chi connectivity index (χ1v) is 7.76. The molecule has 4 nitrogen and oxygen atoms in total. The molecule has 18 heavy (non-hydrogen) atoms. The number of esters is 1. The van der Waals surface area contributed by atoms with Gasteiger partial charge in [-0.25, -0.2) is 4.79 Å². The van der Waals surface area contributed by atoms with Gasteiger partial charge < -0.3 is 9.64 Å². The van der Waals surface area contributed by atoms with Crippen LogP contribution >= 0.6 is 11.8 Å². The molecule has 0 radical (unpaired) electrons. The van der Waals surface area contributed by atoms with Crippen LogP contribution in [0, 0.1) is 0 Å². The van der Waals surface area contributed by atoms with Crippen molar-refractivity contribution in [2.45, 2.75) is 51.7 Å². The molecule has 0 aromatic heterocycles. The standard InChI is InChI=1S/C13H23NO3S/c1-13(2,3)17-12(16)10-6-5-8-14(10)11(15)7-9-18-4/h10H,5-9H2,1-4H3/t10-/m0/s1. The highest BCUT2D eigenvalue weighted by molar-refractivity contribution is 7.98. The van der Waals surface area contributed by atoms with Gasteiger partial charge in [-0.15, -0.1) is 0 Å². The zero-order valence-corrected chi connectivity index (χ0v) is 12.5. The van der Waals surface area contributed by atoms with Gasteiger partial charge in [-0.1, -0.05) is 0 Å². The number of carbonyl (C=O) groups is 2. The molecule has 0 bridgehead atoms. The molecule has 0 aromatic rings. The van der Waals surface area contributed by atoms with Crippen molar-refractivity contribution in [3.8, 4) is 0 Å². The van der Waals surface area contributed by atoms with E-state index in [1.807, 2.05) is 27.0 Å². The third-order valence-corrected chi connectivity index (χ3v) is 3.38. The Labute approximate surface area is 113 Å². The first-order chi connectivity index (χ1) is 8.35. The molecule has 0 N–H and O–H groups in total. The Hall–Kier alpha value is -0.710. The molecule has 5 heteroatoms. The Morgan fingerprint density at radius 1 is 1.39 bits per heavy atom. The van der Waals surface area contributed by atoms with Crippen LogP contribution in [0.4, 0.5) is 0 Å². The van der Waals surface area contributed by atoms with Gasteiger partial charge in [-0.3, -0.25) is 4.79 Å². The molecule has 0 unspecified atom stereocenters. The number of likely N-dealkylation sites (tertiary alicyclic amines) is 1. The minimum atomic E-state index is -0.492. The van der Waals surface area contributed by atoms with Gasteiger partial charge in [0.25, 0.3) is 0 Å². The molecular weight excluding hydrogens is 250 g/mol. The second-order valence-corrected chi connectivity index (χ2v) is 6.51. The first-order valence-electron chi connectivity index (χ1n) is 6.36. The molecule has 0 aromatic carbocycles. The quantitative estimate of drug-likeness (QED) is 0.736. The van der Waals surface area contributed by atoms with Crippen molar-refractivity contribution >= 4 is 23.6 Å². The summed E-state index contributed by atoms with van der Waals surface area (Å²) in [5.41, 5.74) is -0.492. The van der Waals surface area contributed by atoms with E-state index >= 15 is 0 Å². The number of thioether (sulfide) groups is 1. The Bertz CT molecular complexity index is 312. The minimum absolute atomic E-state index is 0.0673. The smallest absolute Gasteiger partial charge is 0.329 e. The predicted molar refractivity (Wildman–Crippen MR) is 73.6 cm³/mol. The summed E-state index contributed by atoms with van der Waals surface area (Å²) in [5, 5.41) is 0. The summed E-state index contributed by atoms with van der Waals surface area (Å²) in [6, 6.07) is -0.376. The van der Waals surface area contributed by atoms with Gasteiger partial charge in [0.1, 0.15) is 11.6 Å². The monoisotopic (exact) mass is 273 g/mol. The van der Waals surface area contributed by atoms with Gasteiger partial charge in [-0.2, -0.15) is 11.8 Å².